The van der Waals surface area contributed by atoms with Crippen LogP contribution in [0.1, 0.15) is 44.7 Å². The molecule has 15 heteroatoms. The van der Waals surface area contributed by atoms with Crippen molar-refractivity contribution in [1.82, 2.24) is 25.9 Å². The third kappa shape index (κ3) is 10.8. The summed E-state index contributed by atoms with van der Waals surface area (Å²) in [6.07, 6.45) is 1.94. The van der Waals surface area contributed by atoms with Gasteiger partial charge < -0.3 is 47.7 Å². The first-order valence-corrected chi connectivity index (χ1v) is 11.4. The third-order valence-corrected chi connectivity index (χ3v) is 5.24. The zero-order chi connectivity index (χ0) is 27.3. The topological polar surface area (TPSA) is 263 Å². The number of H-pyrrole nitrogens is 1. The van der Waals surface area contributed by atoms with E-state index in [0.717, 1.165) is 0 Å². The second kappa shape index (κ2) is 15.4. The van der Waals surface area contributed by atoms with Gasteiger partial charge in [0.25, 0.3) is 0 Å². The molecule has 5 unspecified atom stereocenters. The van der Waals surface area contributed by atoms with Crippen LogP contribution >= 0.6 is 0 Å². The average molecular weight is 514 g/mol. The van der Waals surface area contributed by atoms with Crippen molar-refractivity contribution in [3.05, 3.63) is 18.2 Å². The van der Waals surface area contributed by atoms with Crippen LogP contribution in [0.2, 0.25) is 0 Å². The summed E-state index contributed by atoms with van der Waals surface area (Å²) in [4.78, 5) is 67.2. The predicted octanol–water partition coefficient (Wildman–Crippen LogP) is -2.81. The SMILES string of the molecule is CC(O)C(NC(=O)C(CCCCN)NC(=O)C(Cc1cnc[nH]1)NC(=O)C(N)CCC(=O)O)C(=O)O. The number of hydrogen-bond acceptors (Lipinski definition) is 9. The Kier molecular flexibility index (Phi) is 13.1. The maximum Gasteiger partial charge on any atom is 0.328 e. The van der Waals surface area contributed by atoms with Gasteiger partial charge in [-0.2, -0.15) is 0 Å². The first-order valence-electron chi connectivity index (χ1n) is 11.4. The quantitative estimate of drug-likeness (QED) is 0.0960. The van der Waals surface area contributed by atoms with E-state index in [1.807, 2.05) is 0 Å². The molecule has 0 aliphatic heterocycles. The molecule has 15 nitrogen and oxygen atoms in total. The molecule has 0 aliphatic rings. The summed E-state index contributed by atoms with van der Waals surface area (Å²) in [5.41, 5.74) is 11.7. The van der Waals surface area contributed by atoms with E-state index in [0.29, 0.717) is 25.1 Å². The highest BCUT2D eigenvalue weighted by Gasteiger charge is 2.32. The molecule has 36 heavy (non-hydrogen) atoms. The molecular formula is C21H35N7O8. The van der Waals surface area contributed by atoms with Gasteiger partial charge in [-0.05, 0) is 39.2 Å². The lowest BCUT2D eigenvalue weighted by Gasteiger charge is -2.25. The molecule has 0 aliphatic carbocycles. The van der Waals surface area contributed by atoms with Crippen molar-refractivity contribution >= 4 is 29.7 Å². The number of nitrogens with zero attached hydrogens (tertiary/aromatic N) is 1. The van der Waals surface area contributed by atoms with E-state index in [4.69, 9.17) is 16.6 Å². The van der Waals surface area contributed by atoms with Gasteiger partial charge >= 0.3 is 11.9 Å². The molecule has 1 rings (SSSR count). The van der Waals surface area contributed by atoms with E-state index in [1.165, 1.54) is 19.4 Å². The Morgan fingerprint density at radius 3 is 2.17 bits per heavy atom. The summed E-state index contributed by atoms with van der Waals surface area (Å²) in [5, 5.41) is 34.9. The minimum Gasteiger partial charge on any atom is -0.481 e. The number of hydrogen-bond donors (Lipinski definition) is 9. The summed E-state index contributed by atoms with van der Waals surface area (Å²) >= 11 is 0. The molecule has 0 radical (unpaired) electrons. The van der Waals surface area contributed by atoms with Crippen molar-refractivity contribution in [3.8, 4) is 0 Å². The summed E-state index contributed by atoms with van der Waals surface area (Å²) in [5.74, 6) is -4.95. The van der Waals surface area contributed by atoms with Crippen LogP contribution in [0.25, 0.3) is 0 Å². The van der Waals surface area contributed by atoms with Crippen LogP contribution in [0.5, 0.6) is 0 Å². The zero-order valence-corrected chi connectivity index (χ0v) is 20.0. The molecule has 0 spiro atoms. The summed E-state index contributed by atoms with van der Waals surface area (Å²) in [7, 11) is 0. The number of carbonyl (C=O) groups is 5. The van der Waals surface area contributed by atoms with Gasteiger partial charge in [0.2, 0.25) is 17.7 Å². The van der Waals surface area contributed by atoms with Crippen molar-refractivity contribution in [3.63, 3.8) is 0 Å². The standard InChI is InChI=1S/C21H35N7O8/c1-11(29)17(21(35)36)28-19(33)14(4-2-3-7-22)26-20(34)15(8-12-9-24-10-25-12)27-18(32)13(23)5-6-16(30)31/h9-11,13-15,17,29H,2-8,22-23H2,1H3,(H,24,25)(H,26,34)(H,27,32)(H,28,33)(H,30,31)(H,35,36). The maximum atomic E-state index is 13.1. The molecule has 1 aromatic rings. The molecule has 0 aromatic carbocycles. The number of unbranched alkanes of at least 4 members (excludes halogenated alkanes) is 1. The molecular weight excluding hydrogens is 478 g/mol. The number of aromatic nitrogens is 2. The monoisotopic (exact) mass is 513 g/mol. The van der Waals surface area contributed by atoms with Gasteiger partial charge in [-0.25, -0.2) is 9.78 Å². The number of aromatic amines is 1. The fourth-order valence-electron chi connectivity index (χ4n) is 3.19. The Balaban J connectivity index is 3.04. The predicted molar refractivity (Wildman–Crippen MR) is 125 cm³/mol. The molecule has 3 amide bonds. The fraction of sp³-hybridized carbons (Fsp3) is 0.619. The number of imidazole rings is 1. The lowest BCUT2D eigenvalue weighted by atomic mass is 10.0. The third-order valence-electron chi connectivity index (χ3n) is 5.24. The highest BCUT2D eigenvalue weighted by atomic mass is 16.4. The molecule has 1 aromatic heterocycles. The van der Waals surface area contributed by atoms with Crippen LogP contribution in [0.4, 0.5) is 0 Å². The highest BCUT2D eigenvalue weighted by Crippen LogP contribution is 2.06. The minimum atomic E-state index is -1.60. The van der Waals surface area contributed by atoms with Crippen LogP contribution < -0.4 is 27.4 Å². The second-order valence-corrected chi connectivity index (χ2v) is 8.29. The van der Waals surface area contributed by atoms with Crippen molar-refractivity contribution in [2.45, 2.75) is 75.7 Å². The van der Waals surface area contributed by atoms with Gasteiger partial charge in [-0.15, -0.1) is 0 Å². The maximum absolute atomic E-state index is 13.1. The second-order valence-electron chi connectivity index (χ2n) is 8.29. The first kappa shape index (κ1) is 30.5. The van der Waals surface area contributed by atoms with Gasteiger partial charge in [0, 0.05) is 24.7 Å². The van der Waals surface area contributed by atoms with Crippen LogP contribution in [0.3, 0.4) is 0 Å². The lowest BCUT2D eigenvalue weighted by molar-refractivity contribution is -0.145. The Morgan fingerprint density at radius 2 is 1.64 bits per heavy atom. The van der Waals surface area contributed by atoms with Gasteiger partial charge in [-0.1, -0.05) is 0 Å². The number of nitrogens with one attached hydrogen (secondary N) is 4. The number of carboxylic acid groups (broad SMARTS) is 2. The smallest absolute Gasteiger partial charge is 0.328 e. The van der Waals surface area contributed by atoms with Gasteiger partial charge in [0.1, 0.15) is 12.1 Å². The Morgan fingerprint density at radius 1 is 1.00 bits per heavy atom. The van der Waals surface area contributed by atoms with Crippen molar-refractivity contribution < 1.29 is 39.3 Å². The van der Waals surface area contributed by atoms with E-state index in [1.54, 1.807) is 0 Å². The normalized spacial score (nSPS) is 15.1. The van der Waals surface area contributed by atoms with E-state index in [9.17, 15) is 34.2 Å². The Bertz CT molecular complexity index is 878. The molecule has 0 fully saturated rings. The van der Waals surface area contributed by atoms with Gasteiger partial charge in [0.15, 0.2) is 6.04 Å². The van der Waals surface area contributed by atoms with E-state index in [-0.39, 0.29) is 25.7 Å². The summed E-state index contributed by atoms with van der Waals surface area (Å²) < 4.78 is 0. The average Bonchev–Trinajstić information content (AvgIpc) is 3.32. The lowest BCUT2D eigenvalue weighted by Crippen LogP contribution is -2.58. The number of nitrogens with two attached hydrogens (primary N) is 2. The molecule has 1 heterocycles. The van der Waals surface area contributed by atoms with Crippen LogP contribution in [-0.2, 0) is 30.4 Å². The molecule has 0 saturated heterocycles. The largest absolute Gasteiger partial charge is 0.481 e. The minimum absolute atomic E-state index is 0.0498. The van der Waals surface area contributed by atoms with Crippen molar-refractivity contribution in [1.29, 1.82) is 0 Å². The van der Waals surface area contributed by atoms with Crippen LogP contribution in [0.15, 0.2) is 12.5 Å². The van der Waals surface area contributed by atoms with E-state index < -0.39 is 59.9 Å². The Labute approximate surface area is 207 Å². The summed E-state index contributed by atoms with van der Waals surface area (Å²) in [6, 6.07) is -5.19. The zero-order valence-electron chi connectivity index (χ0n) is 20.0. The molecule has 5 atom stereocenters. The molecule has 11 N–H and O–H groups in total. The van der Waals surface area contributed by atoms with Crippen molar-refractivity contribution in [2.24, 2.45) is 11.5 Å². The van der Waals surface area contributed by atoms with Gasteiger partial charge in [-0.3, -0.25) is 19.2 Å². The molecule has 0 saturated carbocycles. The van der Waals surface area contributed by atoms with Gasteiger partial charge in [0.05, 0.1) is 18.5 Å². The molecule has 202 valence electrons. The number of aliphatic hydroxyl groups is 1. The Hall–Kier alpha value is -3.56. The van der Waals surface area contributed by atoms with Crippen LogP contribution in [-0.4, -0.2) is 91.8 Å². The number of carbonyl (C=O) groups excluding carboxylic acids is 3. The number of rotatable bonds is 17. The number of carboxylic acids is 2. The van der Waals surface area contributed by atoms with E-state index in [2.05, 4.69) is 25.9 Å². The first-order chi connectivity index (χ1) is 17.0. The van der Waals surface area contributed by atoms with Crippen molar-refractivity contribution in [2.75, 3.05) is 6.54 Å². The highest BCUT2D eigenvalue weighted by molar-refractivity contribution is 5.94. The number of amides is 3. The number of aliphatic carboxylic acids is 2. The van der Waals surface area contributed by atoms with Crippen LogP contribution in [0, 0.1) is 0 Å². The fourth-order valence-corrected chi connectivity index (χ4v) is 3.19. The molecule has 0 bridgehead atoms. The summed E-state index contributed by atoms with van der Waals surface area (Å²) in [6.45, 7) is 1.53. The van der Waals surface area contributed by atoms with E-state index >= 15 is 0 Å². The number of aliphatic hydroxyl groups excluding tert-OH is 1.